The number of likely N-dealkylation sites (tertiary alicyclic amines) is 2. The number of fused-ring (bicyclic) bond motifs is 1. The van der Waals surface area contributed by atoms with Crippen LogP contribution in [0.4, 0.5) is 9.18 Å². The number of halogens is 1. The molecule has 0 radical (unpaired) electrons. The zero-order chi connectivity index (χ0) is 23.7. The van der Waals surface area contributed by atoms with Gasteiger partial charge in [0, 0.05) is 13.1 Å². The fourth-order valence-corrected chi connectivity index (χ4v) is 4.46. The van der Waals surface area contributed by atoms with Gasteiger partial charge in [-0.3, -0.25) is 9.69 Å². The molecule has 3 rings (SSSR count). The predicted octanol–water partition coefficient (Wildman–Crippen LogP) is 3.80. The number of alkyl halides is 1. The molecule has 32 heavy (non-hydrogen) atoms. The van der Waals surface area contributed by atoms with Crippen molar-refractivity contribution in [3.8, 4) is 5.75 Å². The maximum absolute atomic E-state index is 15.0. The number of carbonyl (C=O) groups excluding carboxylic acids is 2. The Labute approximate surface area is 189 Å². The molecule has 8 heteroatoms. The van der Waals surface area contributed by atoms with E-state index in [-0.39, 0.29) is 25.2 Å². The Kier molecular flexibility index (Phi) is 7.03. The topological polar surface area (TPSA) is 68.3 Å². The second-order valence-electron chi connectivity index (χ2n) is 10.3. The monoisotopic (exact) mass is 450 g/mol. The molecule has 1 aromatic carbocycles. The number of methoxy groups -OCH3 is 1. The molecule has 0 saturated carbocycles. The molecule has 178 valence electrons. The summed E-state index contributed by atoms with van der Waals surface area (Å²) in [7, 11) is 1.60. The molecule has 1 aromatic rings. The third-order valence-corrected chi connectivity index (χ3v) is 5.98. The standard InChI is InChI=1S/C24H35FN2O5/c1-23(2,3)32-22(29)27-13-18(25)20-19(27)11-12-26(20)15-24(4,5)21(28)31-14-16-7-9-17(30-6)10-8-16/h7-10,18-20H,11-15H2,1-6H3. The second kappa shape index (κ2) is 9.25. The van der Waals surface area contributed by atoms with Crippen LogP contribution in [0.2, 0.25) is 0 Å². The smallest absolute Gasteiger partial charge is 0.410 e. The Morgan fingerprint density at radius 3 is 2.38 bits per heavy atom. The molecule has 2 heterocycles. The van der Waals surface area contributed by atoms with Gasteiger partial charge < -0.3 is 19.1 Å². The molecule has 0 N–H and O–H groups in total. The van der Waals surface area contributed by atoms with Crippen LogP contribution < -0.4 is 4.74 Å². The number of rotatable bonds is 6. The highest BCUT2D eigenvalue weighted by molar-refractivity contribution is 5.76. The number of carbonyl (C=O) groups is 2. The highest BCUT2D eigenvalue weighted by atomic mass is 19.1. The van der Waals surface area contributed by atoms with Gasteiger partial charge in [0.05, 0.1) is 31.2 Å². The van der Waals surface area contributed by atoms with Gasteiger partial charge in [0.15, 0.2) is 0 Å². The molecule has 0 aromatic heterocycles. The molecule has 0 aliphatic carbocycles. The summed E-state index contributed by atoms with van der Waals surface area (Å²) in [5.74, 6) is 0.399. The number of amides is 1. The summed E-state index contributed by atoms with van der Waals surface area (Å²) in [6.07, 6.45) is -1.00. The first-order valence-electron chi connectivity index (χ1n) is 11.1. The lowest BCUT2D eigenvalue weighted by Gasteiger charge is -2.32. The van der Waals surface area contributed by atoms with E-state index in [4.69, 9.17) is 14.2 Å². The Morgan fingerprint density at radius 2 is 1.78 bits per heavy atom. The van der Waals surface area contributed by atoms with Crippen molar-refractivity contribution in [1.29, 1.82) is 0 Å². The third kappa shape index (κ3) is 5.52. The third-order valence-electron chi connectivity index (χ3n) is 5.98. The number of hydrogen-bond acceptors (Lipinski definition) is 6. The molecule has 0 bridgehead atoms. The van der Waals surface area contributed by atoms with Crippen molar-refractivity contribution in [3.05, 3.63) is 29.8 Å². The van der Waals surface area contributed by atoms with E-state index in [1.165, 1.54) is 4.90 Å². The van der Waals surface area contributed by atoms with Gasteiger partial charge in [0.2, 0.25) is 0 Å². The maximum atomic E-state index is 15.0. The first kappa shape index (κ1) is 24.3. The average Bonchev–Trinajstić information content (AvgIpc) is 3.26. The van der Waals surface area contributed by atoms with Crippen molar-refractivity contribution in [2.24, 2.45) is 5.41 Å². The van der Waals surface area contributed by atoms with Crippen molar-refractivity contribution in [3.63, 3.8) is 0 Å². The van der Waals surface area contributed by atoms with E-state index < -0.39 is 29.3 Å². The molecule has 0 spiro atoms. The minimum atomic E-state index is -1.18. The summed E-state index contributed by atoms with van der Waals surface area (Å²) in [4.78, 5) is 28.8. The summed E-state index contributed by atoms with van der Waals surface area (Å²) in [6, 6.07) is 6.65. The van der Waals surface area contributed by atoms with Crippen LogP contribution in [-0.4, -0.2) is 72.5 Å². The normalized spacial score (nSPS) is 23.7. The lowest BCUT2D eigenvalue weighted by Crippen LogP contribution is -2.47. The number of benzene rings is 1. The van der Waals surface area contributed by atoms with Gasteiger partial charge >= 0.3 is 12.1 Å². The van der Waals surface area contributed by atoms with Gasteiger partial charge in [-0.05, 0) is 58.7 Å². The number of hydrogen-bond donors (Lipinski definition) is 0. The van der Waals surface area contributed by atoms with Gasteiger partial charge in [-0.2, -0.15) is 0 Å². The fourth-order valence-electron chi connectivity index (χ4n) is 4.46. The van der Waals surface area contributed by atoms with Crippen molar-refractivity contribution in [2.75, 3.05) is 26.7 Å². The second-order valence-corrected chi connectivity index (χ2v) is 10.3. The van der Waals surface area contributed by atoms with Gasteiger partial charge in [0.1, 0.15) is 24.1 Å². The van der Waals surface area contributed by atoms with Crippen LogP contribution in [0, 0.1) is 5.41 Å². The zero-order valence-electron chi connectivity index (χ0n) is 19.9. The van der Waals surface area contributed by atoms with Crippen molar-refractivity contribution < 1.29 is 28.2 Å². The van der Waals surface area contributed by atoms with Gasteiger partial charge in [-0.1, -0.05) is 12.1 Å². The average molecular weight is 451 g/mol. The summed E-state index contributed by atoms with van der Waals surface area (Å²) in [6.45, 7) is 10.2. The Morgan fingerprint density at radius 1 is 1.12 bits per heavy atom. The first-order chi connectivity index (χ1) is 14.9. The molecule has 1 amide bonds. The molecule has 3 unspecified atom stereocenters. The van der Waals surface area contributed by atoms with E-state index in [1.807, 2.05) is 43.0 Å². The van der Waals surface area contributed by atoms with E-state index in [0.717, 1.165) is 11.3 Å². The quantitative estimate of drug-likeness (QED) is 0.614. The SMILES string of the molecule is COc1ccc(COC(=O)C(C)(C)CN2CCC3C2C(F)CN3C(=O)OC(C)(C)C)cc1. The Balaban J connectivity index is 1.58. The lowest BCUT2D eigenvalue weighted by atomic mass is 9.92. The molecular weight excluding hydrogens is 415 g/mol. The number of nitrogens with zero attached hydrogens (tertiary/aromatic N) is 2. The fraction of sp³-hybridized carbons (Fsp3) is 0.667. The number of esters is 1. The highest BCUT2D eigenvalue weighted by Crippen LogP contribution is 2.36. The minimum Gasteiger partial charge on any atom is -0.497 e. The largest absolute Gasteiger partial charge is 0.497 e. The van der Waals surface area contributed by atoms with Crippen LogP contribution in [0.3, 0.4) is 0 Å². The lowest BCUT2D eigenvalue weighted by molar-refractivity contribution is -0.156. The molecule has 2 aliphatic rings. The van der Waals surface area contributed by atoms with E-state index in [0.29, 0.717) is 19.5 Å². The molecular formula is C24H35FN2O5. The summed E-state index contributed by atoms with van der Waals surface area (Å²) in [5, 5.41) is 0. The van der Waals surface area contributed by atoms with E-state index >= 15 is 0 Å². The van der Waals surface area contributed by atoms with Crippen molar-refractivity contribution >= 4 is 12.1 Å². The summed E-state index contributed by atoms with van der Waals surface area (Å²) < 4.78 is 31.1. The van der Waals surface area contributed by atoms with Crippen LogP contribution in [0.25, 0.3) is 0 Å². The van der Waals surface area contributed by atoms with E-state index in [1.54, 1.807) is 27.9 Å². The summed E-state index contributed by atoms with van der Waals surface area (Å²) >= 11 is 0. The molecule has 2 saturated heterocycles. The van der Waals surface area contributed by atoms with Crippen LogP contribution in [0.5, 0.6) is 5.75 Å². The van der Waals surface area contributed by atoms with Gasteiger partial charge in [-0.15, -0.1) is 0 Å². The van der Waals surface area contributed by atoms with E-state index in [9.17, 15) is 14.0 Å². The predicted molar refractivity (Wildman–Crippen MR) is 118 cm³/mol. The Hall–Kier alpha value is -2.35. The molecule has 7 nitrogen and oxygen atoms in total. The van der Waals surface area contributed by atoms with Crippen LogP contribution >= 0.6 is 0 Å². The molecule has 2 aliphatic heterocycles. The van der Waals surface area contributed by atoms with Crippen molar-refractivity contribution in [1.82, 2.24) is 9.80 Å². The van der Waals surface area contributed by atoms with Crippen molar-refractivity contribution in [2.45, 2.75) is 71.5 Å². The zero-order valence-corrected chi connectivity index (χ0v) is 19.9. The minimum absolute atomic E-state index is 0.0170. The van der Waals surface area contributed by atoms with Gasteiger partial charge in [0.25, 0.3) is 0 Å². The molecule has 3 atom stereocenters. The van der Waals surface area contributed by atoms with E-state index in [2.05, 4.69) is 0 Å². The summed E-state index contributed by atoms with van der Waals surface area (Å²) in [5.41, 5.74) is -0.584. The maximum Gasteiger partial charge on any atom is 0.410 e. The van der Waals surface area contributed by atoms with Crippen LogP contribution in [-0.2, 0) is 20.9 Å². The van der Waals surface area contributed by atoms with Crippen LogP contribution in [0.15, 0.2) is 24.3 Å². The number of ether oxygens (including phenoxy) is 3. The molecule has 2 fully saturated rings. The Bertz CT molecular complexity index is 821. The highest BCUT2D eigenvalue weighted by Gasteiger charge is 2.52. The van der Waals surface area contributed by atoms with Crippen LogP contribution in [0.1, 0.15) is 46.6 Å². The van der Waals surface area contributed by atoms with Gasteiger partial charge in [-0.25, -0.2) is 9.18 Å². The first-order valence-corrected chi connectivity index (χ1v) is 11.1.